The van der Waals surface area contributed by atoms with Crippen molar-refractivity contribution in [1.82, 2.24) is 0 Å². The molecule has 0 atom stereocenters. The molecule has 0 saturated heterocycles. The first-order chi connectivity index (χ1) is 11.7. The maximum absolute atomic E-state index is 6.03. The molecule has 2 heteroatoms. The van der Waals surface area contributed by atoms with Gasteiger partial charge in [-0.3, -0.25) is 0 Å². The molecular weight excluding hydrogens is 296 g/mol. The predicted molar refractivity (Wildman–Crippen MR) is 102 cm³/mol. The van der Waals surface area contributed by atoms with E-state index in [9.17, 15) is 0 Å². The second-order valence-electron chi connectivity index (χ2n) is 7.08. The van der Waals surface area contributed by atoms with E-state index in [1.165, 1.54) is 49.7 Å². The lowest BCUT2D eigenvalue weighted by Crippen LogP contribution is -2.12. The van der Waals surface area contributed by atoms with Gasteiger partial charge in [-0.05, 0) is 74.0 Å². The Kier molecular flexibility index (Phi) is 7.94. The Morgan fingerprint density at radius 3 is 2.25 bits per heavy atom. The summed E-state index contributed by atoms with van der Waals surface area (Å²) in [5.41, 5.74) is 2.77. The Morgan fingerprint density at radius 2 is 1.67 bits per heavy atom. The standard InChI is InChI=1S/C22H35O2/c1-5-8-17-10-12-18(13-11-17)20-15-19(9-6-2)22(23-4)21(16-20)24-14-7-3/h15-16,18H,5-14H2,1-4H3. The van der Waals surface area contributed by atoms with Crippen molar-refractivity contribution in [2.24, 2.45) is 0 Å². The molecule has 0 amide bonds. The average molecular weight is 332 g/mol. The van der Waals surface area contributed by atoms with E-state index < -0.39 is 0 Å². The summed E-state index contributed by atoms with van der Waals surface area (Å²) in [5, 5.41) is 0. The fourth-order valence-electron chi connectivity index (χ4n) is 3.89. The summed E-state index contributed by atoms with van der Waals surface area (Å²) in [5.74, 6) is 4.35. The molecule has 0 N–H and O–H groups in total. The van der Waals surface area contributed by atoms with E-state index in [0.29, 0.717) is 5.92 Å². The van der Waals surface area contributed by atoms with Gasteiger partial charge in [-0.1, -0.05) is 39.7 Å². The highest BCUT2D eigenvalue weighted by Crippen LogP contribution is 2.42. The maximum Gasteiger partial charge on any atom is 0.163 e. The van der Waals surface area contributed by atoms with Crippen molar-refractivity contribution in [3.63, 3.8) is 0 Å². The minimum absolute atomic E-state index is 0.677. The van der Waals surface area contributed by atoms with Crippen LogP contribution in [0.3, 0.4) is 0 Å². The zero-order chi connectivity index (χ0) is 17.4. The highest BCUT2D eigenvalue weighted by molar-refractivity contribution is 5.50. The zero-order valence-corrected chi connectivity index (χ0v) is 16.1. The summed E-state index contributed by atoms with van der Waals surface area (Å²) in [4.78, 5) is 0. The fourth-order valence-corrected chi connectivity index (χ4v) is 3.89. The number of hydrogen-bond acceptors (Lipinski definition) is 2. The quantitative estimate of drug-likeness (QED) is 0.516. The molecule has 1 aromatic rings. The molecule has 2 rings (SSSR count). The summed E-state index contributed by atoms with van der Waals surface area (Å²) in [7, 11) is 1.76. The molecule has 1 radical (unpaired) electrons. The van der Waals surface area contributed by atoms with Gasteiger partial charge in [0.1, 0.15) is 0 Å². The van der Waals surface area contributed by atoms with Crippen molar-refractivity contribution in [3.8, 4) is 11.5 Å². The second kappa shape index (κ2) is 9.96. The number of benzene rings is 1. The molecule has 0 unspecified atom stereocenters. The number of hydrogen-bond donors (Lipinski definition) is 0. The number of methoxy groups -OCH3 is 1. The topological polar surface area (TPSA) is 18.5 Å². The molecule has 1 aliphatic rings. The van der Waals surface area contributed by atoms with Crippen molar-refractivity contribution in [3.05, 3.63) is 29.2 Å². The molecule has 2 nitrogen and oxygen atoms in total. The smallest absolute Gasteiger partial charge is 0.163 e. The molecule has 1 saturated carbocycles. The van der Waals surface area contributed by atoms with Crippen LogP contribution in [0.15, 0.2) is 12.1 Å². The number of rotatable bonds is 9. The van der Waals surface area contributed by atoms with Gasteiger partial charge in [0.15, 0.2) is 11.5 Å². The third-order valence-electron chi connectivity index (χ3n) is 5.11. The van der Waals surface area contributed by atoms with E-state index in [0.717, 1.165) is 37.4 Å². The minimum atomic E-state index is 0.677. The van der Waals surface area contributed by atoms with Crippen LogP contribution in [0.5, 0.6) is 11.5 Å². The van der Waals surface area contributed by atoms with Gasteiger partial charge in [0.25, 0.3) is 0 Å². The van der Waals surface area contributed by atoms with Gasteiger partial charge in [-0.2, -0.15) is 0 Å². The van der Waals surface area contributed by atoms with E-state index in [1.807, 2.05) is 0 Å². The van der Waals surface area contributed by atoms with Crippen LogP contribution in [0.1, 0.15) is 89.2 Å². The first-order valence-corrected chi connectivity index (χ1v) is 9.90. The highest BCUT2D eigenvalue weighted by Gasteiger charge is 2.24. The predicted octanol–water partition coefficient (Wildman–Crippen LogP) is 6.47. The average Bonchev–Trinajstić information content (AvgIpc) is 2.61. The largest absolute Gasteiger partial charge is 0.493 e. The van der Waals surface area contributed by atoms with Crippen LogP contribution in [0, 0.1) is 5.92 Å². The normalized spacial score (nSPS) is 16.3. The molecule has 0 aromatic heterocycles. The Hall–Kier alpha value is -1.18. The molecule has 0 spiro atoms. The number of ether oxygens (including phenoxy) is 2. The van der Waals surface area contributed by atoms with Crippen LogP contribution in [0.2, 0.25) is 0 Å². The van der Waals surface area contributed by atoms with E-state index in [4.69, 9.17) is 9.47 Å². The third-order valence-corrected chi connectivity index (χ3v) is 5.11. The summed E-state index contributed by atoms with van der Waals surface area (Å²) in [6.45, 7) is 7.42. The molecular formula is C22H35O2. The molecule has 0 aliphatic heterocycles. The van der Waals surface area contributed by atoms with Gasteiger partial charge in [0, 0.05) is 0 Å². The van der Waals surface area contributed by atoms with Crippen LogP contribution in [0.4, 0.5) is 0 Å². The molecule has 1 fully saturated rings. The van der Waals surface area contributed by atoms with Gasteiger partial charge in [-0.15, -0.1) is 0 Å². The van der Waals surface area contributed by atoms with E-state index >= 15 is 0 Å². The lowest BCUT2D eigenvalue weighted by atomic mass is 9.77. The summed E-state index contributed by atoms with van der Waals surface area (Å²) < 4.78 is 11.7. The molecule has 1 aromatic carbocycles. The van der Waals surface area contributed by atoms with E-state index in [2.05, 4.69) is 32.9 Å². The van der Waals surface area contributed by atoms with Crippen LogP contribution in [0.25, 0.3) is 0 Å². The Morgan fingerprint density at radius 1 is 0.958 bits per heavy atom. The van der Waals surface area contributed by atoms with Crippen LogP contribution >= 0.6 is 0 Å². The Balaban J connectivity index is 2.21. The van der Waals surface area contributed by atoms with Gasteiger partial charge in [0.05, 0.1) is 13.7 Å². The summed E-state index contributed by atoms with van der Waals surface area (Å²) >= 11 is 0. The molecule has 1 aliphatic carbocycles. The molecule has 24 heavy (non-hydrogen) atoms. The first kappa shape index (κ1) is 19.1. The lowest BCUT2D eigenvalue weighted by molar-refractivity contribution is 0.292. The van der Waals surface area contributed by atoms with Crippen molar-refractivity contribution in [2.75, 3.05) is 13.7 Å². The van der Waals surface area contributed by atoms with Crippen LogP contribution in [-0.4, -0.2) is 13.7 Å². The maximum atomic E-state index is 6.03. The van der Waals surface area contributed by atoms with Crippen LogP contribution < -0.4 is 9.47 Å². The van der Waals surface area contributed by atoms with E-state index in [-0.39, 0.29) is 0 Å². The second-order valence-corrected chi connectivity index (χ2v) is 7.08. The molecule has 0 heterocycles. The number of aryl methyl sites for hydroxylation is 1. The first-order valence-electron chi connectivity index (χ1n) is 9.90. The van der Waals surface area contributed by atoms with Gasteiger partial charge < -0.3 is 9.47 Å². The lowest BCUT2D eigenvalue weighted by Gasteiger charge is -2.29. The van der Waals surface area contributed by atoms with E-state index in [1.54, 1.807) is 13.0 Å². The third kappa shape index (κ3) is 4.91. The Labute approximate surface area is 148 Å². The molecule has 0 bridgehead atoms. The van der Waals surface area contributed by atoms with Crippen LogP contribution in [-0.2, 0) is 6.42 Å². The van der Waals surface area contributed by atoms with Crippen molar-refractivity contribution >= 4 is 0 Å². The highest BCUT2D eigenvalue weighted by atomic mass is 16.5. The molecule has 135 valence electrons. The van der Waals surface area contributed by atoms with Gasteiger partial charge >= 0.3 is 0 Å². The SMILES string of the molecule is CCCOc1cc(C2CC[C](CCC)CC2)cc(CCC)c1OC. The van der Waals surface area contributed by atoms with Crippen molar-refractivity contribution in [2.45, 2.75) is 84.5 Å². The minimum Gasteiger partial charge on any atom is -0.493 e. The zero-order valence-electron chi connectivity index (χ0n) is 16.1. The fraction of sp³-hybridized carbons (Fsp3) is 0.682. The van der Waals surface area contributed by atoms with Gasteiger partial charge in [0.2, 0.25) is 0 Å². The van der Waals surface area contributed by atoms with Crippen molar-refractivity contribution < 1.29 is 9.47 Å². The summed E-state index contributed by atoms with van der Waals surface area (Å²) in [6, 6.07) is 4.64. The monoisotopic (exact) mass is 331 g/mol. The van der Waals surface area contributed by atoms with Crippen molar-refractivity contribution in [1.29, 1.82) is 0 Å². The Bertz CT molecular complexity index is 487. The summed E-state index contributed by atoms with van der Waals surface area (Å²) in [6.07, 6.45) is 11.0. The van der Waals surface area contributed by atoms with Gasteiger partial charge in [-0.25, -0.2) is 0 Å².